The van der Waals surface area contributed by atoms with Gasteiger partial charge in [-0.15, -0.1) is 11.3 Å². The second-order valence-corrected chi connectivity index (χ2v) is 12.6. The number of thiazole rings is 1. The fraction of sp³-hybridized carbons (Fsp3) is 0.0435. The lowest BCUT2D eigenvalue weighted by atomic mass is 10.1. The molecule has 5 rings (SSSR count). The normalized spacial score (nSPS) is 13.0. The van der Waals surface area contributed by atoms with Crippen LogP contribution in [0.25, 0.3) is 10.2 Å². The number of amides is 2. The van der Waals surface area contributed by atoms with E-state index in [1.54, 1.807) is 23.9 Å². The number of rotatable bonds is 4. The summed E-state index contributed by atoms with van der Waals surface area (Å²) in [6.07, 6.45) is 0. The summed E-state index contributed by atoms with van der Waals surface area (Å²) >= 11 is 16.8. The number of aromatic nitrogens is 1. The van der Waals surface area contributed by atoms with Gasteiger partial charge in [0, 0.05) is 23.6 Å². The zero-order valence-corrected chi connectivity index (χ0v) is 24.7. The minimum absolute atomic E-state index is 0.309. The van der Waals surface area contributed by atoms with Gasteiger partial charge in [0.05, 0.1) is 38.7 Å². The molecule has 0 atom stereocenters. The molecule has 34 heavy (non-hydrogen) atoms. The van der Waals surface area contributed by atoms with Crippen LogP contribution in [0.1, 0.15) is 31.8 Å². The number of hydrogen-bond donors (Lipinski definition) is 0. The number of thioether (sulfide) groups is 1. The van der Waals surface area contributed by atoms with E-state index in [-0.39, 0.29) is 0 Å². The Bertz CT molecular complexity index is 1530. The first-order valence-corrected chi connectivity index (χ1v) is 14.5. The van der Waals surface area contributed by atoms with E-state index in [1.807, 2.05) is 30.3 Å². The Morgan fingerprint density at radius 1 is 0.941 bits per heavy atom. The van der Waals surface area contributed by atoms with Crippen molar-refractivity contribution in [1.82, 2.24) is 4.98 Å². The predicted molar refractivity (Wildman–Crippen MR) is 149 cm³/mol. The first-order chi connectivity index (χ1) is 16.3. The van der Waals surface area contributed by atoms with Crippen molar-refractivity contribution >= 4 is 115 Å². The fourth-order valence-corrected chi connectivity index (χ4v) is 8.13. The molecule has 0 radical (unpaired) electrons. The molecular weight excluding hydrogens is 734 g/mol. The molecule has 5 nitrogen and oxygen atoms in total. The van der Waals surface area contributed by atoms with Gasteiger partial charge in [-0.2, -0.15) is 5.26 Å². The summed E-state index contributed by atoms with van der Waals surface area (Å²) in [5, 5.41) is 9.29. The average molecular weight is 743 g/mol. The Morgan fingerprint density at radius 2 is 1.59 bits per heavy atom. The van der Waals surface area contributed by atoms with Crippen LogP contribution < -0.4 is 4.90 Å². The number of carbonyl (C=O) groups excluding carboxylic acids is 2. The molecular formula is C23H9Br4N3O2S2. The Kier molecular flexibility index (Phi) is 6.74. The molecule has 11 heteroatoms. The van der Waals surface area contributed by atoms with Gasteiger partial charge in [0.2, 0.25) is 0 Å². The molecule has 168 valence electrons. The number of halogens is 4. The van der Waals surface area contributed by atoms with Crippen molar-refractivity contribution in [2.75, 3.05) is 4.90 Å². The van der Waals surface area contributed by atoms with Crippen LogP contribution in [0.4, 0.5) is 5.69 Å². The van der Waals surface area contributed by atoms with Gasteiger partial charge in [-0.3, -0.25) is 9.59 Å². The highest BCUT2D eigenvalue weighted by atomic mass is 79.9. The summed E-state index contributed by atoms with van der Waals surface area (Å²) in [6, 6.07) is 15.1. The molecule has 0 N–H and O–H groups in total. The molecule has 0 aliphatic carbocycles. The van der Waals surface area contributed by atoms with Crippen molar-refractivity contribution in [3.05, 3.63) is 82.6 Å². The van der Waals surface area contributed by atoms with Crippen LogP contribution in [0.3, 0.4) is 0 Å². The van der Waals surface area contributed by atoms with Crippen molar-refractivity contribution in [3.63, 3.8) is 0 Å². The number of anilines is 1. The SMILES string of the molecule is N#Cc1ccccc1CSc1nc2ccc(N3C(=O)c4c(Br)c(Br)c(Br)c(Br)c4C3=O)cc2s1. The first kappa shape index (κ1) is 24.2. The van der Waals surface area contributed by atoms with E-state index in [0.717, 1.165) is 20.1 Å². The highest BCUT2D eigenvalue weighted by Crippen LogP contribution is 2.46. The van der Waals surface area contributed by atoms with Crippen molar-refractivity contribution in [2.24, 2.45) is 0 Å². The summed E-state index contributed by atoms with van der Waals surface area (Å²) in [4.78, 5) is 32.4. The summed E-state index contributed by atoms with van der Waals surface area (Å²) in [6.45, 7) is 0. The lowest BCUT2D eigenvalue weighted by molar-refractivity contribution is 0.0926. The third kappa shape index (κ3) is 3.98. The average Bonchev–Trinajstić information content (AvgIpc) is 3.37. The summed E-state index contributed by atoms with van der Waals surface area (Å²) in [7, 11) is 0. The summed E-state index contributed by atoms with van der Waals surface area (Å²) in [5.41, 5.74) is 3.50. The Labute approximate surface area is 236 Å². The van der Waals surface area contributed by atoms with E-state index in [4.69, 9.17) is 0 Å². The smallest absolute Gasteiger partial charge is 0.267 e. The van der Waals surface area contributed by atoms with E-state index in [9.17, 15) is 14.9 Å². The molecule has 0 bridgehead atoms. The van der Waals surface area contributed by atoms with Gasteiger partial charge in [0.25, 0.3) is 11.8 Å². The van der Waals surface area contributed by atoms with Crippen molar-refractivity contribution < 1.29 is 9.59 Å². The number of benzene rings is 3. The highest BCUT2D eigenvalue weighted by molar-refractivity contribution is 9.15. The lowest BCUT2D eigenvalue weighted by Gasteiger charge is -2.13. The van der Waals surface area contributed by atoms with Crippen LogP contribution >= 0.6 is 86.8 Å². The van der Waals surface area contributed by atoms with Crippen LogP contribution in [0, 0.1) is 11.3 Å². The van der Waals surface area contributed by atoms with E-state index < -0.39 is 11.8 Å². The van der Waals surface area contributed by atoms with Gasteiger partial charge >= 0.3 is 0 Å². The van der Waals surface area contributed by atoms with Gasteiger partial charge in [0.15, 0.2) is 4.34 Å². The largest absolute Gasteiger partial charge is 0.268 e. The molecule has 1 aliphatic rings. The van der Waals surface area contributed by atoms with E-state index >= 15 is 0 Å². The number of fused-ring (bicyclic) bond motifs is 2. The number of imide groups is 1. The van der Waals surface area contributed by atoms with Crippen LogP contribution in [0.5, 0.6) is 0 Å². The zero-order chi connectivity index (χ0) is 24.1. The molecule has 0 saturated heterocycles. The Balaban J connectivity index is 1.47. The molecule has 0 spiro atoms. The summed E-state index contributed by atoms with van der Waals surface area (Å²) in [5.74, 6) is -0.166. The topological polar surface area (TPSA) is 74.1 Å². The van der Waals surface area contributed by atoms with Crippen molar-refractivity contribution in [2.45, 2.75) is 10.1 Å². The van der Waals surface area contributed by atoms with Gasteiger partial charge in [-0.1, -0.05) is 30.0 Å². The molecule has 3 aromatic carbocycles. The van der Waals surface area contributed by atoms with Crippen LogP contribution in [0.2, 0.25) is 0 Å². The fourth-order valence-electron chi connectivity index (χ4n) is 3.57. The van der Waals surface area contributed by atoms with E-state index in [0.29, 0.717) is 46.0 Å². The number of hydrogen-bond acceptors (Lipinski definition) is 6. The molecule has 2 amide bonds. The van der Waals surface area contributed by atoms with Gasteiger partial charge in [0.1, 0.15) is 0 Å². The monoisotopic (exact) mass is 739 g/mol. The maximum atomic E-state index is 13.3. The first-order valence-electron chi connectivity index (χ1n) is 9.58. The molecule has 4 aromatic rings. The van der Waals surface area contributed by atoms with Crippen LogP contribution in [0.15, 0.2) is 64.7 Å². The molecule has 2 heterocycles. The van der Waals surface area contributed by atoms with Crippen molar-refractivity contribution in [3.8, 4) is 6.07 Å². The lowest BCUT2D eigenvalue weighted by Crippen LogP contribution is -2.29. The van der Waals surface area contributed by atoms with Gasteiger partial charge in [-0.25, -0.2) is 9.88 Å². The zero-order valence-electron chi connectivity index (χ0n) is 16.7. The standard InChI is InChI=1S/C23H9Br4N3O2S2/c24-17-15-16(18(25)20(27)19(17)26)22(32)30(21(15)31)12-5-6-13-14(7-12)34-23(29-13)33-9-11-4-2-1-3-10(11)8-28/h1-7H,9H2. The highest BCUT2D eigenvalue weighted by Gasteiger charge is 2.42. The number of carbonyl (C=O) groups is 2. The maximum absolute atomic E-state index is 13.3. The number of nitriles is 1. The van der Waals surface area contributed by atoms with Crippen LogP contribution in [-0.4, -0.2) is 16.8 Å². The minimum atomic E-state index is -0.396. The van der Waals surface area contributed by atoms with Gasteiger partial charge < -0.3 is 0 Å². The predicted octanol–water partition coefficient (Wildman–Crippen LogP) is 8.31. The Morgan fingerprint density at radius 3 is 2.24 bits per heavy atom. The maximum Gasteiger partial charge on any atom is 0.267 e. The molecule has 1 aromatic heterocycles. The quantitative estimate of drug-likeness (QED) is 0.0911. The third-order valence-electron chi connectivity index (χ3n) is 5.20. The molecule has 1 aliphatic heterocycles. The van der Waals surface area contributed by atoms with E-state index in [2.05, 4.69) is 74.8 Å². The summed E-state index contributed by atoms with van der Waals surface area (Å²) < 4.78 is 4.06. The third-order valence-corrected chi connectivity index (χ3v) is 12.2. The van der Waals surface area contributed by atoms with Gasteiger partial charge in [-0.05, 0) is 93.5 Å². The van der Waals surface area contributed by atoms with Crippen molar-refractivity contribution in [1.29, 1.82) is 5.26 Å². The second kappa shape index (κ2) is 9.48. The number of nitrogens with zero attached hydrogens (tertiary/aromatic N) is 3. The van der Waals surface area contributed by atoms with E-state index in [1.165, 1.54) is 16.2 Å². The molecule has 0 saturated carbocycles. The second-order valence-electron chi connectivity index (χ2n) is 7.14. The Hall–Kier alpha value is -1.55. The molecule has 0 unspecified atom stereocenters. The van der Waals surface area contributed by atoms with Crippen LogP contribution in [-0.2, 0) is 5.75 Å². The molecule has 0 fully saturated rings. The minimum Gasteiger partial charge on any atom is -0.268 e.